The van der Waals surface area contributed by atoms with Crippen LogP contribution in [0.5, 0.6) is 0 Å². The highest BCUT2D eigenvalue weighted by Gasteiger charge is 2.53. The van der Waals surface area contributed by atoms with Gasteiger partial charge in [-0.05, 0) is 32.1 Å². The number of nitrogens with zero attached hydrogens (tertiary/aromatic N) is 1. The van der Waals surface area contributed by atoms with Crippen LogP contribution in [0.25, 0.3) is 0 Å². The average molecular weight is 322 g/mol. The summed E-state index contributed by atoms with van der Waals surface area (Å²) in [6.45, 7) is 2.65. The van der Waals surface area contributed by atoms with E-state index in [-0.39, 0.29) is 24.2 Å². The Kier molecular flexibility index (Phi) is 4.47. The maximum absolute atomic E-state index is 12.4. The molecule has 5 nitrogen and oxygen atoms in total. The molecule has 1 atom stereocenters. The predicted molar refractivity (Wildman–Crippen MR) is 83.6 cm³/mol. The minimum absolute atomic E-state index is 0.0416. The third-order valence-electron chi connectivity index (χ3n) is 4.69. The molecule has 1 spiro atoms. The number of hydrogen-bond acceptors (Lipinski definition) is 5. The lowest BCUT2D eigenvalue weighted by molar-refractivity contribution is -0.149. The molecule has 1 amide bonds. The van der Waals surface area contributed by atoms with Gasteiger partial charge in [-0.15, -0.1) is 11.3 Å². The molecule has 0 aromatic carbocycles. The number of nitrogens with one attached hydrogen (secondary N) is 1. The van der Waals surface area contributed by atoms with Crippen molar-refractivity contribution < 1.29 is 14.3 Å². The summed E-state index contributed by atoms with van der Waals surface area (Å²) in [7, 11) is 0. The Balaban J connectivity index is 1.54. The second kappa shape index (κ2) is 6.36. The Morgan fingerprint density at radius 2 is 2.27 bits per heavy atom. The molecule has 22 heavy (non-hydrogen) atoms. The fourth-order valence-corrected chi connectivity index (χ4v) is 4.37. The van der Waals surface area contributed by atoms with Crippen LogP contribution in [0.1, 0.15) is 49.7 Å². The van der Waals surface area contributed by atoms with Crippen LogP contribution in [-0.4, -0.2) is 29.0 Å². The van der Waals surface area contributed by atoms with Gasteiger partial charge in [0, 0.05) is 18.3 Å². The molecule has 1 aromatic heterocycles. The molecule has 2 aliphatic rings. The molecule has 6 heteroatoms. The molecular weight excluding hydrogens is 300 g/mol. The summed E-state index contributed by atoms with van der Waals surface area (Å²) in [6.07, 6.45) is 5.62. The first-order valence-electron chi connectivity index (χ1n) is 8.06. The van der Waals surface area contributed by atoms with E-state index in [4.69, 9.17) is 4.74 Å². The minimum atomic E-state index is -0.516. The Labute approximate surface area is 134 Å². The van der Waals surface area contributed by atoms with Crippen molar-refractivity contribution in [3.63, 3.8) is 0 Å². The molecule has 1 saturated heterocycles. The Bertz CT molecular complexity index is 563. The lowest BCUT2D eigenvalue weighted by Crippen LogP contribution is -2.43. The molecule has 1 aromatic rings. The lowest BCUT2D eigenvalue weighted by Gasteiger charge is -2.27. The zero-order valence-corrected chi connectivity index (χ0v) is 13.7. The van der Waals surface area contributed by atoms with Crippen molar-refractivity contribution in [1.29, 1.82) is 0 Å². The van der Waals surface area contributed by atoms with E-state index in [9.17, 15) is 9.59 Å². The van der Waals surface area contributed by atoms with Crippen molar-refractivity contribution in [3.8, 4) is 0 Å². The number of ether oxygens (including phenoxy) is 1. The van der Waals surface area contributed by atoms with E-state index in [2.05, 4.69) is 22.6 Å². The van der Waals surface area contributed by atoms with Crippen LogP contribution in [0.2, 0.25) is 0 Å². The summed E-state index contributed by atoms with van der Waals surface area (Å²) >= 11 is 1.64. The van der Waals surface area contributed by atoms with Gasteiger partial charge in [-0.25, -0.2) is 4.98 Å². The van der Waals surface area contributed by atoms with Crippen LogP contribution < -0.4 is 5.32 Å². The molecular formula is C16H22N2O3S. The molecule has 1 saturated carbocycles. The molecule has 0 bridgehead atoms. The normalized spacial score (nSPS) is 23.0. The highest BCUT2D eigenvalue weighted by Crippen LogP contribution is 2.45. The molecule has 120 valence electrons. The number of aromatic nitrogens is 1. The van der Waals surface area contributed by atoms with Crippen molar-refractivity contribution in [2.75, 3.05) is 6.54 Å². The zero-order valence-electron chi connectivity index (χ0n) is 12.9. The van der Waals surface area contributed by atoms with Gasteiger partial charge in [-0.1, -0.05) is 6.92 Å². The first-order valence-corrected chi connectivity index (χ1v) is 8.94. The third kappa shape index (κ3) is 3.02. The zero-order chi connectivity index (χ0) is 15.6. The molecule has 1 aliphatic heterocycles. The molecule has 0 radical (unpaired) electrons. The van der Waals surface area contributed by atoms with Crippen molar-refractivity contribution in [3.05, 3.63) is 16.1 Å². The van der Waals surface area contributed by atoms with Gasteiger partial charge in [0.1, 0.15) is 5.60 Å². The van der Waals surface area contributed by atoms with Crippen molar-refractivity contribution in [2.45, 2.75) is 57.5 Å². The van der Waals surface area contributed by atoms with Gasteiger partial charge < -0.3 is 10.1 Å². The smallest absolute Gasteiger partial charge is 0.307 e. The van der Waals surface area contributed by atoms with E-state index >= 15 is 0 Å². The van der Waals surface area contributed by atoms with Crippen molar-refractivity contribution in [1.82, 2.24) is 10.3 Å². The van der Waals surface area contributed by atoms with Gasteiger partial charge in [0.05, 0.1) is 23.0 Å². The second-order valence-electron chi connectivity index (χ2n) is 6.13. The minimum Gasteiger partial charge on any atom is -0.458 e. The Hall–Kier alpha value is -1.43. The summed E-state index contributed by atoms with van der Waals surface area (Å²) < 4.78 is 5.52. The highest BCUT2D eigenvalue weighted by molar-refractivity contribution is 7.09. The van der Waals surface area contributed by atoms with Gasteiger partial charge in [-0.3, -0.25) is 9.59 Å². The average Bonchev–Trinajstić information content (AvgIpc) is 3.20. The summed E-state index contributed by atoms with van der Waals surface area (Å²) in [5.41, 5.74) is 0.587. The number of hydrogen-bond donors (Lipinski definition) is 1. The van der Waals surface area contributed by atoms with E-state index in [0.717, 1.165) is 49.2 Å². The van der Waals surface area contributed by atoms with Crippen LogP contribution in [0.15, 0.2) is 5.38 Å². The predicted octanol–water partition coefficient (Wildman–Crippen LogP) is 2.24. The Morgan fingerprint density at radius 3 is 2.95 bits per heavy atom. The van der Waals surface area contributed by atoms with Crippen LogP contribution in [0.3, 0.4) is 0 Å². The molecule has 1 unspecified atom stereocenters. The largest absolute Gasteiger partial charge is 0.458 e. The van der Waals surface area contributed by atoms with Crippen molar-refractivity contribution in [2.24, 2.45) is 5.92 Å². The van der Waals surface area contributed by atoms with Gasteiger partial charge >= 0.3 is 5.97 Å². The first-order chi connectivity index (χ1) is 10.6. The summed E-state index contributed by atoms with van der Waals surface area (Å²) in [6, 6.07) is 0. The molecule has 1 aliphatic carbocycles. The van der Waals surface area contributed by atoms with E-state index in [0.29, 0.717) is 6.54 Å². The number of rotatable bonds is 5. The fraction of sp³-hybridized carbons (Fsp3) is 0.688. The lowest BCUT2D eigenvalue weighted by atomic mass is 9.85. The van der Waals surface area contributed by atoms with E-state index in [1.54, 1.807) is 11.3 Å². The SMILES string of the molecule is CCc1csc(CCNC(=O)C2CC(=O)OC23CCCC3)n1. The number of esters is 1. The second-order valence-corrected chi connectivity index (χ2v) is 7.07. The first kappa shape index (κ1) is 15.5. The number of aryl methyl sites for hydroxylation is 1. The van der Waals surface area contributed by atoms with E-state index in [1.165, 1.54) is 0 Å². The molecule has 1 N–H and O–H groups in total. The fourth-order valence-electron chi connectivity index (χ4n) is 3.49. The maximum atomic E-state index is 12.4. The number of amides is 1. The van der Waals surface area contributed by atoms with Gasteiger partial charge in [0.2, 0.25) is 5.91 Å². The van der Waals surface area contributed by atoms with Crippen LogP contribution in [0, 0.1) is 5.92 Å². The van der Waals surface area contributed by atoms with E-state index in [1.807, 2.05) is 0 Å². The molecule has 2 fully saturated rings. The van der Waals surface area contributed by atoms with Crippen LogP contribution in [0.4, 0.5) is 0 Å². The van der Waals surface area contributed by atoms with Gasteiger partial charge in [0.25, 0.3) is 0 Å². The summed E-state index contributed by atoms with van der Waals surface area (Å²) in [4.78, 5) is 28.6. The maximum Gasteiger partial charge on any atom is 0.307 e. The topological polar surface area (TPSA) is 68.3 Å². The summed E-state index contributed by atoms with van der Waals surface area (Å²) in [5, 5.41) is 6.08. The monoisotopic (exact) mass is 322 g/mol. The molecule has 2 heterocycles. The van der Waals surface area contributed by atoms with Gasteiger partial charge in [-0.2, -0.15) is 0 Å². The van der Waals surface area contributed by atoms with E-state index < -0.39 is 5.60 Å². The van der Waals surface area contributed by atoms with Crippen LogP contribution >= 0.6 is 11.3 Å². The third-order valence-corrected chi connectivity index (χ3v) is 5.65. The van der Waals surface area contributed by atoms with Crippen molar-refractivity contribution >= 4 is 23.2 Å². The number of carbonyl (C=O) groups is 2. The molecule has 3 rings (SSSR count). The number of thiazole rings is 1. The van der Waals surface area contributed by atoms with Crippen LogP contribution in [-0.2, 0) is 27.2 Å². The quantitative estimate of drug-likeness (QED) is 0.844. The van der Waals surface area contributed by atoms with Gasteiger partial charge in [0.15, 0.2) is 0 Å². The standard InChI is InChI=1S/C16H22N2O3S/c1-2-11-10-22-13(18-11)5-8-17-15(20)12-9-14(19)21-16(12)6-3-4-7-16/h10,12H,2-9H2,1H3,(H,17,20). The highest BCUT2D eigenvalue weighted by atomic mass is 32.1. The Morgan fingerprint density at radius 1 is 1.50 bits per heavy atom. The summed E-state index contributed by atoms with van der Waals surface area (Å²) in [5.74, 6) is -0.584. The number of carbonyl (C=O) groups excluding carboxylic acids is 2.